The van der Waals surface area contributed by atoms with Crippen LogP contribution in [-0.2, 0) is 3.07 Å². The Morgan fingerprint density at radius 1 is 0.650 bits per heavy atom. The van der Waals surface area contributed by atoms with E-state index in [-0.39, 0.29) is 0 Å². The summed E-state index contributed by atoms with van der Waals surface area (Å²) in [5.41, 5.74) is -7.72. The molecule has 3 nitrogen and oxygen atoms in total. The lowest BCUT2D eigenvalue weighted by atomic mass is 9.95. The average Bonchev–Trinajstić information content (AvgIpc) is 2.09. The van der Waals surface area contributed by atoms with E-state index in [2.05, 4.69) is 3.07 Å². The van der Waals surface area contributed by atoms with E-state index < -0.39 is 51.1 Å². The first kappa shape index (κ1) is 19.8. The number of halogens is 12. The molecule has 0 spiro atoms. The lowest BCUT2D eigenvalue weighted by Crippen LogP contribution is -3.99. The van der Waals surface area contributed by atoms with Crippen LogP contribution < -0.4 is 27.9 Å². The van der Waals surface area contributed by atoms with Crippen LogP contribution in [0.15, 0.2) is 0 Å². The van der Waals surface area contributed by atoms with Crippen LogP contribution in [0.1, 0.15) is 0 Å². The van der Waals surface area contributed by atoms with E-state index >= 15 is 0 Å². The Morgan fingerprint density at radius 3 is 1.15 bits per heavy atom. The van der Waals surface area contributed by atoms with Crippen molar-refractivity contribution in [3.63, 3.8) is 0 Å². The Labute approximate surface area is 110 Å². The van der Waals surface area contributed by atoms with Crippen LogP contribution in [0.3, 0.4) is 0 Å². The topological polar surface area (TPSA) is 55.3 Å². The summed E-state index contributed by atoms with van der Waals surface area (Å²) in [4.78, 5) is 0. The average molecular weight is 444 g/mol. The molecule has 0 aromatic carbocycles. The first-order valence-corrected chi connectivity index (χ1v) is 6.39. The molecule has 0 saturated carbocycles. The standard InChI is InChI=1S/C5F11IO3/c6-1(3(9,10)11,4(12,13)14)2(7,8)5(15,16)20-17(18)19. The minimum Gasteiger partial charge on any atom is -0.396 e. The Kier molecular flexibility index (Phi) is 5.19. The van der Waals surface area contributed by atoms with Crippen molar-refractivity contribution in [3.05, 3.63) is 0 Å². The molecule has 0 aromatic heterocycles. The van der Waals surface area contributed by atoms with Gasteiger partial charge in [0.05, 0.1) is 3.07 Å². The Hall–Kier alpha value is -0.160. The molecule has 122 valence electrons. The highest BCUT2D eigenvalue weighted by molar-refractivity contribution is 5.08. The summed E-state index contributed by atoms with van der Waals surface area (Å²) in [6.07, 6.45) is -21.9. The summed E-state index contributed by atoms with van der Waals surface area (Å²) >= 11 is -5.88. The Balaban J connectivity index is 6.08. The van der Waals surface area contributed by atoms with Gasteiger partial charge in [-0.25, -0.2) is 4.39 Å². The molecule has 0 N–H and O–H groups in total. The van der Waals surface area contributed by atoms with Crippen LogP contribution in [0, 0.1) is 0 Å². The minimum absolute atomic E-state index is 2.06. The van der Waals surface area contributed by atoms with Crippen LogP contribution >= 0.6 is 0 Å². The van der Waals surface area contributed by atoms with Crippen molar-refractivity contribution in [2.75, 3.05) is 0 Å². The molecule has 0 aliphatic carbocycles. The van der Waals surface area contributed by atoms with Gasteiger partial charge in [-0.15, -0.1) is 0 Å². The van der Waals surface area contributed by atoms with Gasteiger partial charge >= 0.3 is 51.1 Å². The summed E-state index contributed by atoms with van der Waals surface area (Å²) in [5, 5.41) is 0. The van der Waals surface area contributed by atoms with Crippen LogP contribution in [0.5, 0.6) is 0 Å². The maximum Gasteiger partial charge on any atom is 0.514 e. The number of hydrogen-bond donors (Lipinski definition) is 0. The summed E-state index contributed by atoms with van der Waals surface area (Å²) < 4.78 is 156. The van der Waals surface area contributed by atoms with Crippen molar-refractivity contribution in [1.82, 2.24) is 0 Å². The van der Waals surface area contributed by atoms with Gasteiger partial charge < -0.3 is 6.87 Å². The van der Waals surface area contributed by atoms with Crippen molar-refractivity contribution in [1.29, 1.82) is 0 Å². The van der Waals surface area contributed by atoms with Gasteiger partial charge in [-0.2, -0.15) is 43.9 Å². The molecule has 0 aliphatic heterocycles. The molecule has 0 bridgehead atoms. The zero-order valence-corrected chi connectivity index (χ0v) is 10.4. The van der Waals surface area contributed by atoms with E-state index in [0.29, 0.717) is 0 Å². The lowest BCUT2D eigenvalue weighted by Gasteiger charge is -2.36. The molecule has 15 heteroatoms. The molecule has 0 fully saturated rings. The van der Waals surface area contributed by atoms with Crippen molar-refractivity contribution >= 4 is 0 Å². The number of rotatable bonds is 4. The Morgan fingerprint density at radius 2 is 0.950 bits per heavy atom. The van der Waals surface area contributed by atoms with Crippen LogP contribution in [0.2, 0.25) is 0 Å². The predicted molar refractivity (Wildman–Crippen MR) is 26.9 cm³/mol. The molecule has 0 aliphatic rings. The van der Waals surface area contributed by atoms with Gasteiger partial charge in [0.1, 0.15) is 0 Å². The van der Waals surface area contributed by atoms with Crippen LogP contribution in [0.4, 0.5) is 48.3 Å². The first-order chi connectivity index (χ1) is 8.42. The first-order valence-electron chi connectivity index (χ1n) is 3.75. The molecule has 0 heterocycles. The highest BCUT2D eigenvalue weighted by atomic mass is 127. The normalized spacial score (nSPS) is 15.9. The van der Waals surface area contributed by atoms with Gasteiger partial charge in [-0.1, -0.05) is 0 Å². The molecule has 0 radical (unpaired) electrons. The minimum atomic E-state index is -7.72. The largest absolute Gasteiger partial charge is 0.514 e. The molecule has 0 aromatic rings. The molecule has 0 amide bonds. The van der Waals surface area contributed by atoms with Crippen LogP contribution in [-0.4, -0.2) is 30.1 Å². The maximum atomic E-state index is 12.8. The van der Waals surface area contributed by atoms with Gasteiger partial charge in [0.15, 0.2) is 0 Å². The summed E-state index contributed by atoms with van der Waals surface area (Å²) in [6.45, 7) is 0. The van der Waals surface area contributed by atoms with E-state index in [1.54, 1.807) is 0 Å². The van der Waals surface area contributed by atoms with E-state index in [0.717, 1.165) is 0 Å². The quantitative estimate of drug-likeness (QED) is 0.379. The number of hydrogen-bond acceptors (Lipinski definition) is 3. The molecule has 20 heavy (non-hydrogen) atoms. The number of alkyl halides is 11. The molecule has 0 unspecified atom stereocenters. The second kappa shape index (κ2) is 5.24. The Bertz CT molecular complexity index is 333. The summed E-state index contributed by atoms with van der Waals surface area (Å²) in [5.74, 6) is -7.58. The lowest BCUT2D eigenvalue weighted by molar-refractivity contribution is -1.63. The fourth-order valence-electron chi connectivity index (χ4n) is 0.845. The van der Waals surface area contributed by atoms with Gasteiger partial charge in [-0.05, 0) is 0 Å². The predicted octanol–water partition coefficient (Wildman–Crippen LogP) is -1.85. The van der Waals surface area contributed by atoms with Gasteiger partial charge in [0.25, 0.3) is 0 Å². The van der Waals surface area contributed by atoms with E-state index in [9.17, 15) is 55.2 Å². The third-order valence-electron chi connectivity index (χ3n) is 1.74. The highest BCUT2D eigenvalue weighted by Crippen LogP contribution is 2.58. The van der Waals surface area contributed by atoms with Crippen molar-refractivity contribution in [3.8, 4) is 0 Å². The zero-order chi connectivity index (χ0) is 16.8. The molecule has 0 rings (SSSR count). The fraction of sp³-hybridized carbons (Fsp3) is 1.00. The van der Waals surface area contributed by atoms with Gasteiger partial charge in [0.2, 0.25) is 0 Å². The molecule has 0 saturated heterocycles. The second-order valence-electron chi connectivity index (χ2n) is 3.01. The monoisotopic (exact) mass is 444 g/mol. The fourth-order valence-corrected chi connectivity index (χ4v) is 1.57. The summed E-state index contributed by atoms with van der Waals surface area (Å²) in [6, 6.07) is 0. The van der Waals surface area contributed by atoms with E-state index in [1.165, 1.54) is 0 Å². The van der Waals surface area contributed by atoms with Crippen LogP contribution in [0.25, 0.3) is 0 Å². The van der Waals surface area contributed by atoms with E-state index in [4.69, 9.17) is 0 Å². The summed E-state index contributed by atoms with van der Waals surface area (Å²) in [7, 11) is 0. The van der Waals surface area contributed by atoms with Crippen molar-refractivity contribution < 1.29 is 79.3 Å². The maximum absolute atomic E-state index is 12.8. The van der Waals surface area contributed by atoms with Gasteiger partial charge in [-0.3, -0.25) is 0 Å². The third-order valence-corrected chi connectivity index (χ3v) is 2.65. The SMILES string of the molecule is [O-][I+2]([O-])OC(F)(F)C(F)(F)C(F)(C(F)(F)F)C(F)(F)F. The second-order valence-corrected chi connectivity index (χ2v) is 4.53. The van der Waals surface area contributed by atoms with E-state index in [1.807, 2.05) is 0 Å². The zero-order valence-electron chi connectivity index (χ0n) is 8.26. The molecular weight excluding hydrogens is 444 g/mol. The highest BCUT2D eigenvalue weighted by Gasteiger charge is 2.92. The van der Waals surface area contributed by atoms with Crippen molar-refractivity contribution in [2.45, 2.75) is 30.1 Å². The smallest absolute Gasteiger partial charge is 0.396 e. The van der Waals surface area contributed by atoms with Crippen molar-refractivity contribution in [2.24, 2.45) is 0 Å². The molecule has 0 atom stereocenters. The third kappa shape index (κ3) is 3.03. The van der Waals surface area contributed by atoms with Gasteiger partial charge in [0, 0.05) is 0 Å². The molecular formula is C5F11IO3.